The Morgan fingerprint density at radius 2 is 2.19 bits per heavy atom. The summed E-state index contributed by atoms with van der Waals surface area (Å²) < 4.78 is 10.0. The highest BCUT2D eigenvalue weighted by Crippen LogP contribution is 2.52. The van der Waals surface area contributed by atoms with Crippen molar-refractivity contribution >= 4 is 5.97 Å². The lowest BCUT2D eigenvalue weighted by Gasteiger charge is -2.19. The summed E-state index contributed by atoms with van der Waals surface area (Å²) in [6.45, 7) is 3.71. The van der Waals surface area contributed by atoms with Crippen molar-refractivity contribution in [3.63, 3.8) is 0 Å². The van der Waals surface area contributed by atoms with E-state index < -0.39 is 17.5 Å². The normalized spacial score (nSPS) is 19.2. The van der Waals surface area contributed by atoms with Gasteiger partial charge in [0.05, 0.1) is 7.11 Å². The molecule has 1 aliphatic carbocycles. The Bertz CT molecular complexity index is 415. The second-order valence-corrected chi connectivity index (χ2v) is 4.41. The van der Waals surface area contributed by atoms with Crippen LogP contribution in [0, 0.1) is 13.8 Å². The van der Waals surface area contributed by atoms with Crippen LogP contribution in [0.4, 0.5) is 0 Å². The lowest BCUT2D eigenvalue weighted by atomic mass is 9.90. The highest BCUT2D eigenvalue weighted by molar-refractivity contribution is 5.77. The third-order valence-electron chi connectivity index (χ3n) is 3.31. The number of hydrogen-bond donors (Lipinski definition) is 1. The molecule has 0 spiro atoms. The van der Waals surface area contributed by atoms with E-state index in [0.717, 1.165) is 29.9 Å². The van der Waals surface area contributed by atoms with Gasteiger partial charge < -0.3 is 14.3 Å². The van der Waals surface area contributed by atoms with Gasteiger partial charge in [-0.1, -0.05) is 0 Å². The smallest absolute Gasteiger partial charge is 0.335 e. The molecular weight excluding hydrogens is 208 g/mol. The van der Waals surface area contributed by atoms with Gasteiger partial charge in [-0.05, 0) is 32.8 Å². The van der Waals surface area contributed by atoms with Crippen molar-refractivity contribution in [2.24, 2.45) is 0 Å². The van der Waals surface area contributed by atoms with Crippen molar-refractivity contribution in [3.8, 4) is 0 Å². The summed E-state index contributed by atoms with van der Waals surface area (Å²) in [5, 5.41) is 9.98. The number of carbonyl (C=O) groups excluding carboxylic acids is 1. The summed E-state index contributed by atoms with van der Waals surface area (Å²) in [4.78, 5) is 11.4. The lowest BCUT2D eigenvalue weighted by Crippen LogP contribution is -2.35. The van der Waals surface area contributed by atoms with E-state index >= 15 is 0 Å². The number of rotatable bonds is 3. The van der Waals surface area contributed by atoms with Gasteiger partial charge in [0.25, 0.3) is 0 Å². The Hall–Kier alpha value is -1.29. The van der Waals surface area contributed by atoms with Crippen LogP contribution in [0.15, 0.2) is 10.5 Å². The molecule has 1 aromatic heterocycles. The second kappa shape index (κ2) is 3.63. The minimum atomic E-state index is -1.09. The molecule has 4 nitrogen and oxygen atoms in total. The minimum absolute atomic E-state index is 0.477. The molecule has 1 aliphatic rings. The topological polar surface area (TPSA) is 59.7 Å². The fourth-order valence-electron chi connectivity index (χ4n) is 2.29. The fourth-order valence-corrected chi connectivity index (χ4v) is 2.29. The first-order chi connectivity index (χ1) is 7.51. The van der Waals surface area contributed by atoms with E-state index in [1.165, 1.54) is 7.11 Å². The highest BCUT2D eigenvalue weighted by Gasteiger charge is 2.55. The number of ether oxygens (including phenoxy) is 1. The molecule has 1 saturated carbocycles. The standard InChI is InChI=1S/C12H16O4/c1-7-6-9(8(2)16-7)12(4-5-12)10(13)11(14)15-3/h6,10,13H,4-5H2,1-3H3. The van der Waals surface area contributed by atoms with Crippen molar-refractivity contribution in [1.82, 2.24) is 0 Å². The van der Waals surface area contributed by atoms with Crippen LogP contribution in [0.25, 0.3) is 0 Å². The van der Waals surface area contributed by atoms with Gasteiger partial charge in [-0.2, -0.15) is 0 Å². The molecule has 16 heavy (non-hydrogen) atoms. The van der Waals surface area contributed by atoms with Crippen LogP contribution in [0.2, 0.25) is 0 Å². The second-order valence-electron chi connectivity index (χ2n) is 4.41. The van der Waals surface area contributed by atoms with Crippen LogP contribution in [0.5, 0.6) is 0 Å². The number of carbonyl (C=O) groups is 1. The molecule has 0 bridgehead atoms. The first kappa shape index (κ1) is 11.2. The Labute approximate surface area is 94.2 Å². The molecule has 4 heteroatoms. The Morgan fingerprint density at radius 1 is 1.56 bits per heavy atom. The molecule has 0 amide bonds. The van der Waals surface area contributed by atoms with E-state index in [4.69, 9.17) is 4.42 Å². The van der Waals surface area contributed by atoms with Crippen LogP contribution in [0.1, 0.15) is 29.9 Å². The molecule has 2 rings (SSSR count). The van der Waals surface area contributed by atoms with E-state index in [2.05, 4.69) is 4.74 Å². The van der Waals surface area contributed by atoms with Crippen LogP contribution < -0.4 is 0 Å². The maximum atomic E-state index is 11.4. The molecular formula is C12H16O4. The molecule has 0 aromatic carbocycles. The summed E-state index contributed by atoms with van der Waals surface area (Å²) in [6.07, 6.45) is 0.500. The van der Waals surface area contributed by atoms with Crippen molar-refractivity contribution in [3.05, 3.63) is 23.2 Å². The average molecular weight is 224 g/mol. The quantitative estimate of drug-likeness (QED) is 0.790. The van der Waals surface area contributed by atoms with E-state index in [1.54, 1.807) is 0 Å². The maximum absolute atomic E-state index is 11.4. The predicted molar refractivity (Wildman–Crippen MR) is 57.1 cm³/mol. The Kier molecular flexibility index (Phi) is 2.54. The van der Waals surface area contributed by atoms with Gasteiger partial charge >= 0.3 is 5.97 Å². The third kappa shape index (κ3) is 1.53. The minimum Gasteiger partial charge on any atom is -0.467 e. The zero-order valence-electron chi connectivity index (χ0n) is 9.74. The van der Waals surface area contributed by atoms with Crippen LogP contribution in [-0.4, -0.2) is 24.3 Å². The van der Waals surface area contributed by atoms with E-state index in [0.29, 0.717) is 0 Å². The largest absolute Gasteiger partial charge is 0.467 e. The molecule has 1 atom stereocenters. The molecule has 88 valence electrons. The third-order valence-corrected chi connectivity index (χ3v) is 3.31. The number of aliphatic hydroxyl groups is 1. The van der Waals surface area contributed by atoms with E-state index in [1.807, 2.05) is 19.9 Å². The average Bonchev–Trinajstić information content (AvgIpc) is 2.98. The first-order valence-electron chi connectivity index (χ1n) is 5.34. The number of hydrogen-bond acceptors (Lipinski definition) is 4. The van der Waals surface area contributed by atoms with Crippen molar-refractivity contribution < 1.29 is 19.1 Å². The predicted octanol–water partition coefficient (Wildman–Crippen LogP) is 1.46. The van der Waals surface area contributed by atoms with Gasteiger partial charge in [-0.25, -0.2) is 4.79 Å². The monoisotopic (exact) mass is 224 g/mol. The number of methoxy groups -OCH3 is 1. The molecule has 1 fully saturated rings. The van der Waals surface area contributed by atoms with Crippen LogP contribution in [-0.2, 0) is 14.9 Å². The van der Waals surface area contributed by atoms with Gasteiger partial charge in [0, 0.05) is 11.0 Å². The van der Waals surface area contributed by atoms with Gasteiger partial charge in [0.15, 0.2) is 6.10 Å². The Morgan fingerprint density at radius 3 is 2.56 bits per heavy atom. The molecule has 0 aliphatic heterocycles. The molecule has 0 saturated heterocycles. The molecule has 1 aromatic rings. The maximum Gasteiger partial charge on any atom is 0.335 e. The van der Waals surface area contributed by atoms with E-state index in [9.17, 15) is 9.90 Å². The van der Waals surface area contributed by atoms with E-state index in [-0.39, 0.29) is 0 Å². The number of esters is 1. The van der Waals surface area contributed by atoms with Gasteiger partial charge in [-0.3, -0.25) is 0 Å². The van der Waals surface area contributed by atoms with Crippen LogP contribution in [0.3, 0.4) is 0 Å². The summed E-state index contributed by atoms with van der Waals surface area (Å²) in [5.74, 6) is 1.00. The summed E-state index contributed by atoms with van der Waals surface area (Å²) in [6, 6.07) is 1.90. The summed E-state index contributed by atoms with van der Waals surface area (Å²) >= 11 is 0. The number of aryl methyl sites for hydroxylation is 2. The van der Waals surface area contributed by atoms with Gasteiger partial charge in [0.1, 0.15) is 11.5 Å². The van der Waals surface area contributed by atoms with Crippen molar-refractivity contribution in [1.29, 1.82) is 0 Å². The van der Waals surface area contributed by atoms with Crippen molar-refractivity contribution in [2.75, 3.05) is 7.11 Å². The van der Waals surface area contributed by atoms with Gasteiger partial charge in [0.2, 0.25) is 0 Å². The molecule has 1 heterocycles. The zero-order chi connectivity index (χ0) is 11.9. The van der Waals surface area contributed by atoms with Crippen molar-refractivity contribution in [2.45, 2.75) is 38.2 Å². The first-order valence-corrected chi connectivity index (χ1v) is 5.34. The molecule has 1 unspecified atom stereocenters. The fraction of sp³-hybridized carbons (Fsp3) is 0.583. The highest BCUT2D eigenvalue weighted by atomic mass is 16.5. The number of furan rings is 1. The molecule has 1 N–H and O–H groups in total. The summed E-state index contributed by atoms with van der Waals surface area (Å²) in [7, 11) is 1.29. The van der Waals surface area contributed by atoms with Gasteiger partial charge in [-0.15, -0.1) is 0 Å². The zero-order valence-corrected chi connectivity index (χ0v) is 9.74. The SMILES string of the molecule is COC(=O)C(O)C1(c2cc(C)oc2C)CC1. The molecule has 0 radical (unpaired) electrons. The lowest BCUT2D eigenvalue weighted by molar-refractivity contribution is -0.152. The summed E-state index contributed by atoms with van der Waals surface area (Å²) in [5.41, 5.74) is 0.456. The number of aliphatic hydroxyl groups excluding tert-OH is 1. The Balaban J connectivity index is 2.33. The van der Waals surface area contributed by atoms with Crippen LogP contribution >= 0.6 is 0 Å².